The van der Waals surface area contributed by atoms with Gasteiger partial charge in [-0.05, 0) is 30.3 Å². The zero-order chi connectivity index (χ0) is 15.0. The van der Waals surface area contributed by atoms with Crippen molar-refractivity contribution >= 4 is 16.7 Å². The van der Waals surface area contributed by atoms with E-state index in [1.165, 1.54) is 25.4 Å². The molecule has 3 aromatic rings. The lowest BCUT2D eigenvalue weighted by Gasteiger charge is -2.03. The Morgan fingerprint density at radius 1 is 1.14 bits per heavy atom. The van der Waals surface area contributed by atoms with Crippen LogP contribution in [-0.2, 0) is 0 Å². The summed E-state index contributed by atoms with van der Waals surface area (Å²) >= 11 is 0. The van der Waals surface area contributed by atoms with Crippen LogP contribution in [0.3, 0.4) is 0 Å². The van der Waals surface area contributed by atoms with E-state index >= 15 is 0 Å². The fraction of sp³-hybridized carbons (Fsp3) is 0.0625. The van der Waals surface area contributed by atoms with E-state index in [0.717, 1.165) is 11.6 Å². The Hall–Kier alpha value is -2.69. The molecule has 0 bridgehead atoms. The van der Waals surface area contributed by atoms with Crippen LogP contribution in [0, 0.1) is 11.6 Å². The Kier molecular flexibility index (Phi) is 3.17. The molecule has 3 rings (SSSR count). The average molecular weight is 287 g/mol. The maximum absolute atomic E-state index is 13.8. The summed E-state index contributed by atoms with van der Waals surface area (Å²) in [6.07, 6.45) is 1.48. The van der Waals surface area contributed by atoms with Gasteiger partial charge in [0, 0.05) is 22.7 Å². The van der Waals surface area contributed by atoms with Gasteiger partial charge in [-0.3, -0.25) is 4.79 Å². The van der Waals surface area contributed by atoms with Gasteiger partial charge in [0.15, 0.2) is 17.4 Å². The van der Waals surface area contributed by atoms with Gasteiger partial charge in [0.2, 0.25) is 0 Å². The minimum absolute atomic E-state index is 0.272. The van der Waals surface area contributed by atoms with E-state index in [1.807, 2.05) is 0 Å². The normalized spacial score (nSPS) is 10.8. The van der Waals surface area contributed by atoms with E-state index in [2.05, 4.69) is 4.98 Å². The second kappa shape index (κ2) is 5.01. The number of aromatic amines is 1. The van der Waals surface area contributed by atoms with Gasteiger partial charge in [-0.15, -0.1) is 0 Å². The van der Waals surface area contributed by atoms with Crippen molar-refractivity contribution in [3.63, 3.8) is 0 Å². The molecule has 0 unspecified atom stereocenters. The molecular weight excluding hydrogens is 276 g/mol. The number of H-pyrrole nitrogens is 1. The number of fused-ring (bicyclic) bond motifs is 1. The van der Waals surface area contributed by atoms with Crippen molar-refractivity contribution in [3.05, 3.63) is 65.4 Å². The van der Waals surface area contributed by atoms with Crippen LogP contribution < -0.4 is 4.74 Å². The molecule has 0 amide bonds. The van der Waals surface area contributed by atoms with Gasteiger partial charge in [0.05, 0.1) is 12.7 Å². The van der Waals surface area contributed by atoms with Crippen LogP contribution >= 0.6 is 0 Å². The number of carbonyl (C=O) groups excluding carboxylic acids is 1. The highest BCUT2D eigenvalue weighted by molar-refractivity contribution is 6.16. The summed E-state index contributed by atoms with van der Waals surface area (Å²) in [6.45, 7) is 0. The van der Waals surface area contributed by atoms with E-state index in [4.69, 9.17) is 4.74 Å². The molecule has 2 aromatic carbocycles. The van der Waals surface area contributed by atoms with Gasteiger partial charge in [-0.1, -0.05) is 6.07 Å². The molecule has 5 heteroatoms. The van der Waals surface area contributed by atoms with Crippen LogP contribution in [-0.4, -0.2) is 17.9 Å². The molecule has 1 aromatic heterocycles. The average Bonchev–Trinajstić information content (AvgIpc) is 2.92. The number of methoxy groups -OCH3 is 1. The predicted molar refractivity (Wildman–Crippen MR) is 74.6 cm³/mol. The number of rotatable bonds is 3. The van der Waals surface area contributed by atoms with E-state index in [9.17, 15) is 13.6 Å². The number of carbonyl (C=O) groups is 1. The molecule has 0 spiro atoms. The third kappa shape index (κ3) is 2.16. The number of ether oxygens (including phenoxy) is 1. The first-order valence-electron chi connectivity index (χ1n) is 6.25. The SMILES string of the molecule is COc1ccc2[nH]cc(C(=O)c3cccc(F)c3F)c2c1. The van der Waals surface area contributed by atoms with Crippen LogP contribution in [0.1, 0.15) is 15.9 Å². The highest BCUT2D eigenvalue weighted by Crippen LogP contribution is 2.26. The van der Waals surface area contributed by atoms with E-state index in [-0.39, 0.29) is 11.1 Å². The third-order valence-corrected chi connectivity index (χ3v) is 3.33. The number of hydrogen-bond acceptors (Lipinski definition) is 2. The van der Waals surface area contributed by atoms with Crippen molar-refractivity contribution in [1.29, 1.82) is 0 Å². The molecule has 1 heterocycles. The lowest BCUT2D eigenvalue weighted by Crippen LogP contribution is -2.05. The second-order valence-electron chi connectivity index (χ2n) is 4.54. The Balaban J connectivity index is 2.15. The largest absolute Gasteiger partial charge is 0.497 e. The van der Waals surface area contributed by atoms with Gasteiger partial charge in [-0.2, -0.15) is 0 Å². The molecule has 0 atom stereocenters. The topological polar surface area (TPSA) is 42.1 Å². The Labute approximate surface area is 119 Å². The van der Waals surface area contributed by atoms with Crippen molar-refractivity contribution < 1.29 is 18.3 Å². The first-order valence-corrected chi connectivity index (χ1v) is 6.25. The lowest BCUT2D eigenvalue weighted by atomic mass is 10.0. The first-order chi connectivity index (χ1) is 10.1. The van der Waals surface area contributed by atoms with Crippen molar-refractivity contribution in [2.24, 2.45) is 0 Å². The molecule has 3 nitrogen and oxygen atoms in total. The number of benzene rings is 2. The summed E-state index contributed by atoms with van der Waals surface area (Å²) < 4.78 is 32.1. The Morgan fingerprint density at radius 3 is 2.71 bits per heavy atom. The standard InChI is InChI=1S/C16H11F2NO2/c1-21-9-5-6-14-11(7-9)12(8-19-14)16(20)10-3-2-4-13(17)15(10)18/h2-8,19H,1H3. The molecule has 0 aliphatic rings. The van der Waals surface area contributed by atoms with Crippen molar-refractivity contribution in [3.8, 4) is 5.75 Å². The number of ketones is 1. The molecule has 0 radical (unpaired) electrons. The molecule has 106 valence electrons. The third-order valence-electron chi connectivity index (χ3n) is 3.33. The summed E-state index contributed by atoms with van der Waals surface area (Å²) in [7, 11) is 1.52. The predicted octanol–water partition coefficient (Wildman–Crippen LogP) is 3.69. The van der Waals surface area contributed by atoms with Gasteiger partial charge in [-0.25, -0.2) is 8.78 Å². The van der Waals surface area contributed by atoms with Crippen molar-refractivity contribution in [2.45, 2.75) is 0 Å². The number of aromatic nitrogens is 1. The fourth-order valence-electron chi connectivity index (χ4n) is 2.24. The lowest BCUT2D eigenvalue weighted by molar-refractivity contribution is 0.103. The Bertz CT molecular complexity index is 839. The summed E-state index contributed by atoms with van der Waals surface area (Å²) in [6, 6.07) is 8.73. The monoisotopic (exact) mass is 287 g/mol. The summed E-state index contributed by atoms with van der Waals surface area (Å²) in [5, 5.41) is 0.600. The van der Waals surface area contributed by atoms with Crippen LogP contribution in [0.25, 0.3) is 10.9 Å². The smallest absolute Gasteiger partial charge is 0.198 e. The van der Waals surface area contributed by atoms with Gasteiger partial charge in [0.25, 0.3) is 0 Å². The molecule has 21 heavy (non-hydrogen) atoms. The maximum Gasteiger partial charge on any atom is 0.198 e. The fourth-order valence-corrected chi connectivity index (χ4v) is 2.24. The Morgan fingerprint density at radius 2 is 1.95 bits per heavy atom. The van der Waals surface area contributed by atoms with Gasteiger partial charge in [0.1, 0.15) is 5.75 Å². The molecule has 0 fully saturated rings. The van der Waals surface area contributed by atoms with E-state index in [1.54, 1.807) is 18.2 Å². The highest BCUT2D eigenvalue weighted by Gasteiger charge is 2.20. The summed E-state index contributed by atoms with van der Waals surface area (Å²) in [5.74, 6) is -2.18. The van der Waals surface area contributed by atoms with Crippen LogP contribution in [0.4, 0.5) is 8.78 Å². The quantitative estimate of drug-likeness (QED) is 0.746. The zero-order valence-electron chi connectivity index (χ0n) is 11.1. The number of hydrogen-bond donors (Lipinski definition) is 1. The molecule has 0 aliphatic carbocycles. The maximum atomic E-state index is 13.8. The zero-order valence-corrected chi connectivity index (χ0v) is 11.1. The number of nitrogens with one attached hydrogen (secondary N) is 1. The minimum atomic E-state index is -1.14. The molecule has 0 aliphatic heterocycles. The van der Waals surface area contributed by atoms with Crippen LogP contribution in [0.2, 0.25) is 0 Å². The van der Waals surface area contributed by atoms with Crippen LogP contribution in [0.5, 0.6) is 5.75 Å². The van der Waals surface area contributed by atoms with E-state index < -0.39 is 17.4 Å². The molecule has 1 N–H and O–H groups in total. The van der Waals surface area contributed by atoms with E-state index in [0.29, 0.717) is 11.1 Å². The summed E-state index contributed by atoms with van der Waals surface area (Å²) in [4.78, 5) is 15.4. The highest BCUT2D eigenvalue weighted by atomic mass is 19.2. The molecule has 0 saturated carbocycles. The second-order valence-corrected chi connectivity index (χ2v) is 4.54. The number of halogens is 2. The minimum Gasteiger partial charge on any atom is -0.497 e. The van der Waals surface area contributed by atoms with Crippen molar-refractivity contribution in [2.75, 3.05) is 7.11 Å². The summed E-state index contributed by atoms with van der Waals surface area (Å²) in [5.41, 5.74) is 0.697. The van der Waals surface area contributed by atoms with Gasteiger partial charge < -0.3 is 9.72 Å². The molecular formula is C16H11F2NO2. The van der Waals surface area contributed by atoms with Crippen LogP contribution in [0.15, 0.2) is 42.6 Å². The van der Waals surface area contributed by atoms with Crippen molar-refractivity contribution in [1.82, 2.24) is 4.98 Å². The first kappa shape index (κ1) is 13.3. The van der Waals surface area contributed by atoms with Gasteiger partial charge >= 0.3 is 0 Å². The molecule has 0 saturated heterocycles.